The fourth-order valence-corrected chi connectivity index (χ4v) is 2.92. The molecule has 0 atom stereocenters. The Bertz CT molecular complexity index is 986. The fraction of sp³-hybridized carbons (Fsp3) is 0.368. The van der Waals surface area contributed by atoms with Gasteiger partial charge in [0.15, 0.2) is 0 Å². The number of hydrogen-bond donors (Lipinski definition) is 2. The number of anilines is 2. The van der Waals surface area contributed by atoms with Crippen molar-refractivity contribution in [1.29, 1.82) is 0 Å². The molecule has 0 bridgehead atoms. The number of ether oxygens (including phenoxy) is 2. The summed E-state index contributed by atoms with van der Waals surface area (Å²) < 4.78 is 11.4. The molecule has 156 valence electrons. The van der Waals surface area contributed by atoms with Crippen molar-refractivity contribution in [2.24, 2.45) is 0 Å². The summed E-state index contributed by atoms with van der Waals surface area (Å²) in [5.74, 6) is 1.14. The van der Waals surface area contributed by atoms with E-state index in [9.17, 15) is 4.79 Å². The Balaban J connectivity index is 1.63. The van der Waals surface area contributed by atoms with Crippen LogP contribution in [0.4, 0.5) is 11.9 Å². The number of rotatable bonds is 6. The Hall–Kier alpha value is -3.60. The first-order valence-corrected chi connectivity index (χ1v) is 9.62. The third-order valence-electron chi connectivity index (χ3n) is 4.61. The third kappa shape index (κ3) is 4.51. The van der Waals surface area contributed by atoms with E-state index in [2.05, 4.69) is 49.8 Å². The lowest BCUT2D eigenvalue weighted by molar-refractivity contribution is 0.102. The Morgan fingerprint density at radius 3 is 2.67 bits per heavy atom. The molecule has 0 aliphatic carbocycles. The maximum atomic E-state index is 12.7. The van der Waals surface area contributed by atoms with Gasteiger partial charge in [0.25, 0.3) is 11.9 Å². The maximum Gasteiger partial charge on any atom is 0.270 e. The number of aromatic amines is 1. The van der Waals surface area contributed by atoms with Crippen LogP contribution in [0, 0.1) is 0 Å². The van der Waals surface area contributed by atoms with Crippen LogP contribution < -0.4 is 15.0 Å². The number of morpholine rings is 1. The van der Waals surface area contributed by atoms with E-state index in [1.165, 1.54) is 11.8 Å². The van der Waals surface area contributed by atoms with Crippen LogP contribution in [-0.4, -0.2) is 62.8 Å². The van der Waals surface area contributed by atoms with E-state index in [0.29, 0.717) is 43.9 Å². The Labute approximate surface area is 172 Å². The number of tetrazole rings is 1. The van der Waals surface area contributed by atoms with Crippen molar-refractivity contribution < 1.29 is 14.3 Å². The number of nitrogens with one attached hydrogen (secondary N) is 2. The number of nitrogens with zero attached hydrogens (tertiary/aromatic N) is 6. The first-order valence-electron chi connectivity index (χ1n) is 9.62. The molecular weight excluding hydrogens is 388 g/mol. The molecule has 30 heavy (non-hydrogen) atoms. The highest BCUT2D eigenvalue weighted by molar-refractivity contribution is 6.04. The smallest absolute Gasteiger partial charge is 0.270 e. The minimum absolute atomic E-state index is 0.0458. The lowest BCUT2D eigenvalue weighted by Crippen LogP contribution is -2.37. The van der Waals surface area contributed by atoms with E-state index in [1.54, 1.807) is 0 Å². The van der Waals surface area contributed by atoms with Gasteiger partial charge in [-0.05, 0) is 28.8 Å². The van der Waals surface area contributed by atoms with Gasteiger partial charge in [0.1, 0.15) is 11.3 Å². The molecular formula is C19H22N8O3. The van der Waals surface area contributed by atoms with Crippen LogP contribution in [0.5, 0.6) is 11.6 Å². The van der Waals surface area contributed by atoms with Gasteiger partial charge in [0.05, 0.1) is 13.2 Å². The highest BCUT2D eigenvalue weighted by Gasteiger charge is 2.21. The van der Waals surface area contributed by atoms with Crippen molar-refractivity contribution in [3.8, 4) is 11.6 Å². The van der Waals surface area contributed by atoms with Crippen LogP contribution >= 0.6 is 0 Å². The summed E-state index contributed by atoms with van der Waals surface area (Å²) in [6.07, 6.45) is 1.44. The highest BCUT2D eigenvalue weighted by atomic mass is 16.5. The molecule has 4 rings (SSSR count). The number of carbonyl (C=O) groups excluding carboxylic acids is 1. The van der Waals surface area contributed by atoms with Crippen molar-refractivity contribution in [2.45, 2.75) is 19.8 Å². The Kier molecular flexibility index (Phi) is 5.80. The first-order chi connectivity index (χ1) is 14.6. The second kappa shape index (κ2) is 8.82. The molecule has 1 aliphatic rings. The lowest BCUT2D eigenvalue weighted by Gasteiger charge is -2.27. The van der Waals surface area contributed by atoms with Crippen molar-refractivity contribution in [2.75, 3.05) is 36.5 Å². The summed E-state index contributed by atoms with van der Waals surface area (Å²) in [5, 5.41) is 15.7. The first kappa shape index (κ1) is 19.7. The van der Waals surface area contributed by atoms with E-state index < -0.39 is 5.91 Å². The standard InChI is InChI=1S/C19H22N8O3/c1-12(2)13-3-5-14(6-4-13)30-17-15(16(28)21-18-23-25-26-24-18)11-20-19(22-17)27-7-9-29-10-8-27/h3-6,11-12H,7-10H2,1-2H3,(H2,21,23,24,25,26,28). The zero-order valence-corrected chi connectivity index (χ0v) is 16.7. The highest BCUT2D eigenvalue weighted by Crippen LogP contribution is 2.27. The van der Waals surface area contributed by atoms with E-state index in [-0.39, 0.29) is 17.4 Å². The summed E-state index contributed by atoms with van der Waals surface area (Å²) in [7, 11) is 0. The summed E-state index contributed by atoms with van der Waals surface area (Å²) >= 11 is 0. The van der Waals surface area contributed by atoms with Crippen molar-refractivity contribution in [3.05, 3.63) is 41.6 Å². The fourth-order valence-electron chi connectivity index (χ4n) is 2.92. The molecule has 0 spiro atoms. The van der Waals surface area contributed by atoms with Gasteiger partial charge < -0.3 is 14.4 Å². The zero-order valence-electron chi connectivity index (χ0n) is 16.7. The molecule has 1 aromatic carbocycles. The molecule has 11 heteroatoms. The predicted molar refractivity (Wildman–Crippen MR) is 108 cm³/mol. The number of amides is 1. The van der Waals surface area contributed by atoms with Crippen LogP contribution in [0.3, 0.4) is 0 Å². The van der Waals surface area contributed by atoms with E-state index >= 15 is 0 Å². The predicted octanol–water partition coefficient (Wildman–Crippen LogP) is 1.99. The minimum Gasteiger partial charge on any atom is -0.438 e. The Morgan fingerprint density at radius 1 is 1.23 bits per heavy atom. The molecule has 0 unspecified atom stereocenters. The Morgan fingerprint density at radius 2 is 2.00 bits per heavy atom. The second-order valence-electron chi connectivity index (χ2n) is 7.00. The average Bonchev–Trinajstić information content (AvgIpc) is 3.27. The van der Waals surface area contributed by atoms with Crippen LogP contribution in [-0.2, 0) is 4.74 Å². The van der Waals surface area contributed by atoms with Gasteiger partial charge in [-0.1, -0.05) is 31.1 Å². The molecule has 1 saturated heterocycles. The summed E-state index contributed by atoms with van der Waals surface area (Å²) in [5.41, 5.74) is 1.35. The van der Waals surface area contributed by atoms with Crippen molar-refractivity contribution in [1.82, 2.24) is 30.6 Å². The molecule has 1 aliphatic heterocycles. The van der Waals surface area contributed by atoms with E-state index in [0.717, 1.165) is 0 Å². The number of hydrogen-bond acceptors (Lipinski definition) is 9. The van der Waals surface area contributed by atoms with Crippen molar-refractivity contribution >= 4 is 17.8 Å². The molecule has 11 nitrogen and oxygen atoms in total. The largest absolute Gasteiger partial charge is 0.438 e. The minimum atomic E-state index is -0.501. The van der Waals surface area contributed by atoms with Gasteiger partial charge in [-0.15, -0.1) is 5.10 Å². The molecule has 1 fully saturated rings. The molecule has 2 N–H and O–H groups in total. The molecule has 0 saturated carbocycles. The SMILES string of the molecule is CC(C)c1ccc(Oc2nc(N3CCOCC3)ncc2C(=O)Nc2nn[nH]n2)cc1. The van der Waals surface area contributed by atoms with Gasteiger partial charge in [0.2, 0.25) is 11.8 Å². The van der Waals surface area contributed by atoms with Gasteiger partial charge in [-0.3, -0.25) is 10.1 Å². The van der Waals surface area contributed by atoms with Crippen LogP contribution in [0.15, 0.2) is 30.5 Å². The average molecular weight is 410 g/mol. The molecule has 3 heterocycles. The quantitative estimate of drug-likeness (QED) is 0.626. The van der Waals surface area contributed by atoms with Crippen LogP contribution in [0.1, 0.15) is 35.7 Å². The van der Waals surface area contributed by atoms with E-state index in [4.69, 9.17) is 9.47 Å². The van der Waals surface area contributed by atoms with Crippen molar-refractivity contribution in [3.63, 3.8) is 0 Å². The van der Waals surface area contributed by atoms with Gasteiger partial charge in [-0.25, -0.2) is 4.98 Å². The van der Waals surface area contributed by atoms with Crippen LogP contribution in [0.2, 0.25) is 0 Å². The molecule has 0 radical (unpaired) electrons. The van der Waals surface area contributed by atoms with Gasteiger partial charge in [-0.2, -0.15) is 10.2 Å². The number of H-pyrrole nitrogens is 1. The third-order valence-corrected chi connectivity index (χ3v) is 4.61. The zero-order chi connectivity index (χ0) is 20.9. The topological polar surface area (TPSA) is 131 Å². The van der Waals surface area contributed by atoms with E-state index in [1.807, 2.05) is 29.2 Å². The molecule has 2 aromatic heterocycles. The number of benzene rings is 1. The summed E-state index contributed by atoms with van der Waals surface area (Å²) in [6, 6.07) is 7.69. The maximum absolute atomic E-state index is 12.7. The number of aromatic nitrogens is 6. The lowest BCUT2D eigenvalue weighted by atomic mass is 10.0. The molecule has 1 amide bonds. The molecule has 3 aromatic rings. The van der Waals surface area contributed by atoms with Gasteiger partial charge >= 0.3 is 0 Å². The normalized spacial score (nSPS) is 14.0. The summed E-state index contributed by atoms with van der Waals surface area (Å²) in [6.45, 7) is 6.75. The number of carbonyl (C=O) groups is 1. The van der Waals surface area contributed by atoms with Crippen LogP contribution in [0.25, 0.3) is 0 Å². The summed E-state index contributed by atoms with van der Waals surface area (Å²) in [4.78, 5) is 23.6. The van der Waals surface area contributed by atoms with Gasteiger partial charge in [0, 0.05) is 19.3 Å². The second-order valence-corrected chi connectivity index (χ2v) is 7.00. The monoisotopic (exact) mass is 410 g/mol.